The predicted molar refractivity (Wildman–Crippen MR) is 97.0 cm³/mol. The van der Waals surface area contributed by atoms with Gasteiger partial charge in [0.05, 0.1) is 0 Å². The Morgan fingerprint density at radius 3 is 2.07 bits per heavy atom. The summed E-state index contributed by atoms with van der Waals surface area (Å²) >= 11 is 0. The van der Waals surface area contributed by atoms with Crippen molar-refractivity contribution in [3.05, 3.63) is 29.8 Å². The topological polar surface area (TPSA) is 49.4 Å². The number of amides is 2. The van der Waals surface area contributed by atoms with Crippen LogP contribution in [-0.4, -0.2) is 34.7 Å². The molecule has 4 aliphatic rings. The highest BCUT2D eigenvalue weighted by molar-refractivity contribution is 5.99. The molecular formula is C21H24F2N2O2. The van der Waals surface area contributed by atoms with Crippen LogP contribution in [0, 0.1) is 11.3 Å². The first-order valence-electron chi connectivity index (χ1n) is 10.00. The van der Waals surface area contributed by atoms with E-state index in [0.717, 1.165) is 32.1 Å². The van der Waals surface area contributed by atoms with Gasteiger partial charge >= 0.3 is 6.03 Å². The smallest absolute Gasteiger partial charge is 0.319 e. The highest BCUT2D eigenvalue weighted by atomic mass is 19.3. The second kappa shape index (κ2) is 5.76. The van der Waals surface area contributed by atoms with Crippen LogP contribution in [0.15, 0.2) is 24.3 Å². The number of rotatable bonds is 3. The van der Waals surface area contributed by atoms with E-state index in [4.69, 9.17) is 0 Å². The number of hydrogen-bond donors (Lipinski definition) is 1. The zero-order valence-corrected chi connectivity index (χ0v) is 15.2. The second-order valence-electron chi connectivity index (χ2n) is 8.86. The van der Waals surface area contributed by atoms with Gasteiger partial charge in [-0.15, -0.1) is 0 Å². The number of halogens is 2. The summed E-state index contributed by atoms with van der Waals surface area (Å²) in [5.74, 6) is -2.20. The molecule has 27 heavy (non-hydrogen) atoms. The molecule has 2 heterocycles. The van der Waals surface area contributed by atoms with Gasteiger partial charge in [-0.05, 0) is 62.8 Å². The number of carbonyl (C=O) groups is 2. The summed E-state index contributed by atoms with van der Waals surface area (Å²) in [6.07, 6.45) is 5.49. The fraction of sp³-hybridized carbons (Fsp3) is 0.619. The monoisotopic (exact) mass is 374 g/mol. The van der Waals surface area contributed by atoms with E-state index in [1.807, 2.05) is 0 Å². The molecule has 2 aliphatic heterocycles. The van der Waals surface area contributed by atoms with Crippen LogP contribution >= 0.6 is 0 Å². The van der Waals surface area contributed by atoms with E-state index in [9.17, 15) is 18.4 Å². The molecular weight excluding hydrogens is 350 g/mol. The Balaban J connectivity index is 1.24. The molecule has 2 aliphatic carbocycles. The van der Waals surface area contributed by atoms with Gasteiger partial charge in [-0.1, -0.05) is 6.42 Å². The van der Waals surface area contributed by atoms with E-state index in [2.05, 4.69) is 5.32 Å². The predicted octanol–water partition coefficient (Wildman–Crippen LogP) is 4.85. The van der Waals surface area contributed by atoms with E-state index >= 15 is 0 Å². The fourth-order valence-corrected chi connectivity index (χ4v) is 5.31. The number of urea groups is 1. The highest BCUT2D eigenvalue weighted by Gasteiger charge is 2.74. The van der Waals surface area contributed by atoms with Crippen molar-refractivity contribution in [3.63, 3.8) is 0 Å². The molecule has 144 valence electrons. The Kier molecular flexibility index (Phi) is 3.66. The molecule has 0 radical (unpaired) electrons. The average molecular weight is 374 g/mol. The number of hydrogen-bond acceptors (Lipinski definition) is 2. The number of fused-ring (bicyclic) bond motifs is 2. The maximum atomic E-state index is 13.8. The van der Waals surface area contributed by atoms with Crippen LogP contribution in [0.5, 0.6) is 0 Å². The van der Waals surface area contributed by atoms with E-state index in [1.54, 1.807) is 29.2 Å². The lowest BCUT2D eigenvalue weighted by Crippen LogP contribution is -2.49. The zero-order chi connectivity index (χ0) is 18.8. The van der Waals surface area contributed by atoms with Crippen molar-refractivity contribution in [1.29, 1.82) is 0 Å². The zero-order valence-electron chi connectivity index (χ0n) is 15.2. The highest BCUT2D eigenvalue weighted by Crippen LogP contribution is 2.69. The molecule has 2 amide bonds. The van der Waals surface area contributed by atoms with Crippen molar-refractivity contribution in [1.82, 2.24) is 4.90 Å². The number of carbonyl (C=O) groups excluding carboxylic acids is 2. The third-order valence-corrected chi connectivity index (χ3v) is 7.22. The number of benzene rings is 1. The quantitative estimate of drug-likeness (QED) is 0.769. The van der Waals surface area contributed by atoms with Gasteiger partial charge in [0.2, 0.25) is 0 Å². The van der Waals surface area contributed by atoms with Crippen LogP contribution in [0.3, 0.4) is 0 Å². The van der Waals surface area contributed by atoms with Crippen molar-refractivity contribution in [3.8, 4) is 0 Å². The normalized spacial score (nSPS) is 33.6. The Morgan fingerprint density at radius 2 is 1.59 bits per heavy atom. The van der Waals surface area contributed by atoms with E-state index in [1.165, 1.54) is 0 Å². The van der Waals surface area contributed by atoms with Crippen molar-refractivity contribution in [2.75, 3.05) is 5.32 Å². The summed E-state index contributed by atoms with van der Waals surface area (Å²) < 4.78 is 27.5. The van der Waals surface area contributed by atoms with Crippen LogP contribution < -0.4 is 5.32 Å². The lowest BCUT2D eigenvalue weighted by Gasteiger charge is -2.39. The molecule has 0 aromatic heterocycles. The minimum Gasteiger partial charge on any atom is -0.319 e. The summed E-state index contributed by atoms with van der Waals surface area (Å²) in [5, 5.41) is 2.89. The number of nitrogens with zero attached hydrogens (tertiary/aromatic N) is 1. The number of ketones is 1. The van der Waals surface area contributed by atoms with Gasteiger partial charge in [0.25, 0.3) is 5.92 Å². The number of nitrogens with one attached hydrogen (secondary N) is 1. The van der Waals surface area contributed by atoms with Gasteiger partial charge in [-0.25, -0.2) is 13.6 Å². The molecule has 2 bridgehead atoms. The molecule has 1 spiro atoms. The van der Waals surface area contributed by atoms with Gasteiger partial charge in [0.15, 0.2) is 5.78 Å². The van der Waals surface area contributed by atoms with Crippen molar-refractivity contribution in [2.45, 2.75) is 69.4 Å². The molecule has 2 atom stereocenters. The van der Waals surface area contributed by atoms with Crippen LogP contribution in [-0.2, 0) is 0 Å². The number of Topliss-reactive ketones (excluding diaryl/α,β-unsaturated/α-hetero) is 1. The van der Waals surface area contributed by atoms with Crippen LogP contribution in [0.1, 0.15) is 61.7 Å². The summed E-state index contributed by atoms with van der Waals surface area (Å²) in [4.78, 5) is 26.8. The molecule has 1 N–H and O–H groups in total. The molecule has 1 aromatic carbocycles. The van der Waals surface area contributed by atoms with Gasteiger partial charge in [0, 0.05) is 41.1 Å². The summed E-state index contributed by atoms with van der Waals surface area (Å²) in [5.41, 5.74) is 0.481. The first kappa shape index (κ1) is 17.1. The van der Waals surface area contributed by atoms with Gasteiger partial charge in [-0.3, -0.25) is 4.79 Å². The third kappa shape index (κ3) is 2.67. The molecule has 4 nitrogen and oxygen atoms in total. The minimum atomic E-state index is -2.54. The van der Waals surface area contributed by atoms with E-state index in [-0.39, 0.29) is 36.2 Å². The Bertz CT molecular complexity index is 774. The van der Waals surface area contributed by atoms with Crippen LogP contribution in [0.4, 0.5) is 19.3 Å². The van der Waals surface area contributed by atoms with Gasteiger partial charge < -0.3 is 10.2 Å². The van der Waals surface area contributed by atoms with Crippen LogP contribution in [0.25, 0.3) is 0 Å². The standard InChI is InChI=1S/C21H24F2N2O2/c22-21(23)12-20(21)10-16-8-9-17(11-20)25(16)19(27)24-15-6-4-14(5-7-15)18(26)13-2-1-3-13/h4-7,13,16-17H,1-3,8-12H2,(H,24,27). The van der Waals surface area contributed by atoms with Gasteiger partial charge in [0.1, 0.15) is 0 Å². The number of alkyl halides is 2. The molecule has 1 aromatic rings. The lowest BCUT2D eigenvalue weighted by atomic mass is 9.80. The van der Waals surface area contributed by atoms with E-state index in [0.29, 0.717) is 24.1 Å². The maximum absolute atomic E-state index is 13.8. The number of anilines is 1. The van der Waals surface area contributed by atoms with Crippen molar-refractivity contribution >= 4 is 17.5 Å². The average Bonchev–Trinajstić information content (AvgIpc) is 2.95. The lowest BCUT2D eigenvalue weighted by molar-refractivity contribution is 0.0186. The maximum Gasteiger partial charge on any atom is 0.322 e. The fourth-order valence-electron chi connectivity index (χ4n) is 5.31. The Labute approximate surface area is 157 Å². The van der Waals surface area contributed by atoms with Crippen LogP contribution in [0.2, 0.25) is 0 Å². The summed E-state index contributed by atoms with van der Waals surface area (Å²) in [7, 11) is 0. The first-order valence-corrected chi connectivity index (χ1v) is 10.00. The second-order valence-corrected chi connectivity index (χ2v) is 8.86. The molecule has 5 rings (SSSR count). The Hall–Kier alpha value is -1.98. The third-order valence-electron chi connectivity index (χ3n) is 7.22. The molecule has 2 unspecified atom stereocenters. The first-order chi connectivity index (χ1) is 12.9. The van der Waals surface area contributed by atoms with Gasteiger partial charge in [-0.2, -0.15) is 0 Å². The summed E-state index contributed by atoms with van der Waals surface area (Å²) in [6.45, 7) is 0. The molecule has 2 saturated carbocycles. The Morgan fingerprint density at radius 1 is 1.00 bits per heavy atom. The minimum absolute atomic E-state index is 0.0149. The van der Waals surface area contributed by atoms with E-state index < -0.39 is 11.3 Å². The molecule has 4 fully saturated rings. The van der Waals surface area contributed by atoms with Crippen molar-refractivity contribution < 1.29 is 18.4 Å². The number of piperidine rings is 1. The SMILES string of the molecule is O=C(c1ccc(NC(=O)N2C3CCC2CC2(C3)CC2(F)F)cc1)C1CCC1. The van der Waals surface area contributed by atoms with Crippen molar-refractivity contribution in [2.24, 2.45) is 11.3 Å². The molecule has 6 heteroatoms. The summed E-state index contributed by atoms with van der Waals surface area (Å²) in [6, 6.07) is 6.66. The largest absolute Gasteiger partial charge is 0.322 e. The molecule has 2 saturated heterocycles.